The van der Waals surface area contributed by atoms with Gasteiger partial charge in [0.2, 0.25) is 5.91 Å². The number of thiophene rings is 1. The van der Waals surface area contributed by atoms with Gasteiger partial charge in [-0.3, -0.25) is 9.59 Å². The molecule has 4 rings (SSSR count). The summed E-state index contributed by atoms with van der Waals surface area (Å²) in [5.41, 5.74) is 1.90. The Bertz CT molecular complexity index is 1070. The Balaban J connectivity index is 1.90. The van der Waals surface area contributed by atoms with E-state index in [1.165, 1.54) is 0 Å². The lowest BCUT2D eigenvalue weighted by molar-refractivity contribution is -0.117. The van der Waals surface area contributed by atoms with Crippen molar-refractivity contribution < 1.29 is 9.59 Å². The number of nitrogens with zero attached hydrogens (tertiary/aromatic N) is 1. The molecule has 3 aromatic rings. The number of carbonyl (C=O) groups is 2. The minimum Gasteiger partial charge on any atom is -0.324 e. The number of hydrogen-bond acceptors (Lipinski definition) is 3. The van der Waals surface area contributed by atoms with Crippen molar-refractivity contribution in [2.45, 2.75) is 6.04 Å². The highest BCUT2D eigenvalue weighted by Gasteiger charge is 2.35. The van der Waals surface area contributed by atoms with E-state index in [-0.39, 0.29) is 18.4 Å². The second-order valence-corrected chi connectivity index (χ2v) is 9.47. The largest absolute Gasteiger partial charge is 0.324 e. The maximum Gasteiger partial charge on any atom is 0.256 e. The highest BCUT2D eigenvalue weighted by atomic mass is 79.9. The molecule has 0 spiro atoms. The number of rotatable bonds is 2. The molecule has 1 aliphatic rings. The van der Waals surface area contributed by atoms with E-state index in [9.17, 15) is 9.59 Å². The lowest BCUT2D eigenvalue weighted by atomic mass is 10.0. The fourth-order valence-electron chi connectivity index (χ4n) is 3.24. The predicted molar refractivity (Wildman–Crippen MR) is 119 cm³/mol. The van der Waals surface area contributed by atoms with Crippen LogP contribution in [0.3, 0.4) is 0 Å². The molecule has 8 heteroatoms. The number of anilines is 1. The molecule has 1 unspecified atom stereocenters. The first-order valence-corrected chi connectivity index (χ1v) is 11.2. The smallest absolute Gasteiger partial charge is 0.256 e. The van der Waals surface area contributed by atoms with E-state index in [1.54, 1.807) is 34.4 Å². The molecule has 0 saturated carbocycles. The fourth-order valence-corrected chi connectivity index (χ4v) is 5.03. The molecule has 142 valence electrons. The second kappa shape index (κ2) is 7.99. The van der Waals surface area contributed by atoms with Crippen LogP contribution in [0.2, 0.25) is 5.02 Å². The van der Waals surface area contributed by atoms with Crippen molar-refractivity contribution in [3.05, 3.63) is 83.9 Å². The molecule has 2 aromatic carbocycles. The SMILES string of the molecule is O=C1CN(C(=O)c2cc(Br)ccc2Cl)C(c2cccs2)c2cc(Br)ccc2N1. The quantitative estimate of drug-likeness (QED) is 0.426. The van der Waals surface area contributed by atoms with E-state index >= 15 is 0 Å². The van der Waals surface area contributed by atoms with Gasteiger partial charge < -0.3 is 10.2 Å². The van der Waals surface area contributed by atoms with Crippen molar-refractivity contribution in [2.75, 3.05) is 11.9 Å². The molecule has 0 fully saturated rings. The number of fused-ring (bicyclic) bond motifs is 1. The Hall–Kier alpha value is -1.67. The molecule has 2 amide bonds. The topological polar surface area (TPSA) is 49.4 Å². The van der Waals surface area contributed by atoms with E-state index in [0.29, 0.717) is 16.3 Å². The maximum absolute atomic E-state index is 13.5. The van der Waals surface area contributed by atoms with Crippen molar-refractivity contribution in [2.24, 2.45) is 0 Å². The van der Waals surface area contributed by atoms with Crippen LogP contribution in [0, 0.1) is 0 Å². The molecule has 1 aromatic heterocycles. The number of hydrogen-bond donors (Lipinski definition) is 1. The van der Waals surface area contributed by atoms with E-state index in [1.807, 2.05) is 35.7 Å². The number of amides is 2. The van der Waals surface area contributed by atoms with Gasteiger partial charge in [0.05, 0.1) is 16.6 Å². The van der Waals surface area contributed by atoms with Gasteiger partial charge in [0.15, 0.2) is 0 Å². The van der Waals surface area contributed by atoms with Gasteiger partial charge in [-0.25, -0.2) is 0 Å². The average Bonchev–Trinajstić information content (AvgIpc) is 3.14. The zero-order valence-electron chi connectivity index (χ0n) is 14.3. The van der Waals surface area contributed by atoms with Gasteiger partial charge in [-0.2, -0.15) is 0 Å². The molecular formula is C20H13Br2ClN2O2S. The summed E-state index contributed by atoms with van der Waals surface area (Å²) < 4.78 is 1.62. The zero-order valence-corrected chi connectivity index (χ0v) is 19.0. The molecule has 0 saturated heterocycles. The van der Waals surface area contributed by atoms with Crippen LogP contribution in [-0.2, 0) is 4.79 Å². The first kappa shape index (κ1) is 19.6. The van der Waals surface area contributed by atoms with Crippen LogP contribution < -0.4 is 5.32 Å². The summed E-state index contributed by atoms with van der Waals surface area (Å²) in [6, 6.07) is 14.3. The Morgan fingerprint density at radius 3 is 2.64 bits per heavy atom. The fraction of sp³-hybridized carbons (Fsp3) is 0.100. The highest BCUT2D eigenvalue weighted by Crippen LogP contribution is 2.40. The minimum absolute atomic E-state index is 0.0729. The summed E-state index contributed by atoms with van der Waals surface area (Å²) in [5.74, 6) is -0.547. The predicted octanol–water partition coefficient (Wildman–Crippen LogP) is 6.11. The summed E-state index contributed by atoms with van der Waals surface area (Å²) in [6.07, 6.45) is 0. The van der Waals surface area contributed by atoms with E-state index in [0.717, 1.165) is 19.4 Å². The molecule has 0 aliphatic carbocycles. The molecule has 1 aliphatic heterocycles. The number of carbonyl (C=O) groups excluding carboxylic acids is 2. The first-order valence-electron chi connectivity index (χ1n) is 8.33. The molecule has 0 radical (unpaired) electrons. The third kappa shape index (κ3) is 3.76. The van der Waals surface area contributed by atoms with Crippen molar-refractivity contribution in [3.63, 3.8) is 0 Å². The summed E-state index contributed by atoms with van der Waals surface area (Å²) in [6.45, 7) is -0.0729. The van der Waals surface area contributed by atoms with E-state index < -0.39 is 6.04 Å². The van der Waals surface area contributed by atoms with Crippen LogP contribution in [-0.4, -0.2) is 23.3 Å². The van der Waals surface area contributed by atoms with Crippen molar-refractivity contribution in [1.82, 2.24) is 4.90 Å². The van der Waals surface area contributed by atoms with Gasteiger partial charge in [-0.15, -0.1) is 11.3 Å². The van der Waals surface area contributed by atoms with Gasteiger partial charge in [0, 0.05) is 25.1 Å². The molecule has 28 heavy (non-hydrogen) atoms. The van der Waals surface area contributed by atoms with Crippen molar-refractivity contribution >= 4 is 72.3 Å². The maximum atomic E-state index is 13.5. The molecule has 1 N–H and O–H groups in total. The van der Waals surface area contributed by atoms with E-state index in [2.05, 4.69) is 37.2 Å². The Kier molecular flexibility index (Phi) is 5.60. The summed E-state index contributed by atoms with van der Waals surface area (Å²) in [7, 11) is 0. The second-order valence-electron chi connectivity index (χ2n) is 6.25. The first-order chi connectivity index (χ1) is 13.4. The number of benzene rings is 2. The molecular weight excluding hydrogens is 528 g/mol. The van der Waals surface area contributed by atoms with Gasteiger partial charge in [-0.1, -0.05) is 49.5 Å². The van der Waals surface area contributed by atoms with Crippen LogP contribution in [0.15, 0.2) is 62.9 Å². The average molecular weight is 541 g/mol. The number of halogens is 3. The minimum atomic E-state index is -0.408. The third-order valence-electron chi connectivity index (χ3n) is 4.44. The van der Waals surface area contributed by atoms with Crippen molar-refractivity contribution in [1.29, 1.82) is 0 Å². The molecule has 1 atom stereocenters. The lowest BCUT2D eigenvalue weighted by Crippen LogP contribution is -2.38. The van der Waals surface area contributed by atoms with Gasteiger partial charge in [0.25, 0.3) is 5.91 Å². The summed E-state index contributed by atoms with van der Waals surface area (Å²) in [4.78, 5) is 28.6. The molecule has 4 nitrogen and oxygen atoms in total. The van der Waals surface area contributed by atoms with Crippen LogP contribution >= 0.6 is 54.8 Å². The van der Waals surface area contributed by atoms with Crippen LogP contribution in [0.1, 0.15) is 26.8 Å². The number of nitrogens with one attached hydrogen (secondary N) is 1. The summed E-state index contributed by atoms with van der Waals surface area (Å²) >= 11 is 14.8. The molecule has 0 bridgehead atoms. The Labute approximate surface area is 187 Å². The molecule has 2 heterocycles. The Morgan fingerprint density at radius 2 is 1.89 bits per heavy atom. The van der Waals surface area contributed by atoms with Crippen LogP contribution in [0.5, 0.6) is 0 Å². The van der Waals surface area contributed by atoms with Crippen molar-refractivity contribution in [3.8, 4) is 0 Å². The standard InChI is InChI=1S/C20H13Br2ClN2O2S/c21-11-3-5-15(23)13(8-11)20(27)25-10-18(26)24-16-6-4-12(22)9-14(16)19(25)17-2-1-7-28-17/h1-9,19H,10H2,(H,24,26). The highest BCUT2D eigenvalue weighted by molar-refractivity contribution is 9.10. The lowest BCUT2D eigenvalue weighted by Gasteiger charge is -2.30. The van der Waals surface area contributed by atoms with Crippen LogP contribution in [0.25, 0.3) is 0 Å². The van der Waals surface area contributed by atoms with Crippen LogP contribution in [0.4, 0.5) is 5.69 Å². The monoisotopic (exact) mass is 538 g/mol. The van der Waals surface area contributed by atoms with Gasteiger partial charge in [0.1, 0.15) is 6.54 Å². The Morgan fingerprint density at radius 1 is 1.14 bits per heavy atom. The van der Waals surface area contributed by atoms with Gasteiger partial charge >= 0.3 is 0 Å². The van der Waals surface area contributed by atoms with E-state index in [4.69, 9.17) is 11.6 Å². The zero-order chi connectivity index (χ0) is 19.8. The summed E-state index contributed by atoms with van der Waals surface area (Å²) in [5, 5.41) is 5.22. The third-order valence-corrected chi connectivity index (χ3v) is 6.68. The van der Waals surface area contributed by atoms with Gasteiger partial charge in [-0.05, 0) is 47.8 Å². The normalized spacial score (nSPS) is 16.3.